The third-order valence-corrected chi connectivity index (χ3v) is 3.49. The number of likely N-dealkylation sites (N-methyl/N-ethyl adjacent to an activating group) is 1. The zero-order chi connectivity index (χ0) is 21.3. The van der Waals surface area contributed by atoms with Crippen LogP contribution in [0, 0.1) is 5.92 Å². The Kier molecular flexibility index (Phi) is 4.51. The molecule has 6 heteroatoms. The predicted molar refractivity (Wildman–Crippen MR) is 95.0 cm³/mol. The number of rotatable bonds is 8. The number of ether oxygens (including phenoxy) is 2. The highest BCUT2D eigenvalue weighted by molar-refractivity contribution is 5.89. The molecule has 3 N–H and O–H groups in total. The van der Waals surface area contributed by atoms with Crippen molar-refractivity contribution in [3.05, 3.63) is 30.0 Å². The van der Waals surface area contributed by atoms with Crippen LogP contribution < -0.4 is 10.5 Å². The van der Waals surface area contributed by atoms with Crippen LogP contribution in [0.25, 0.3) is 10.9 Å². The van der Waals surface area contributed by atoms with Gasteiger partial charge >= 0.3 is 5.97 Å². The minimum absolute atomic E-state index is 0.0762. The van der Waals surface area contributed by atoms with E-state index in [9.17, 15) is 4.79 Å². The van der Waals surface area contributed by atoms with Crippen LogP contribution in [0.1, 0.15) is 24.9 Å². The molecule has 0 spiro atoms. The number of carbonyl (C=O) groups is 1. The second-order valence-electron chi connectivity index (χ2n) is 6.01. The Labute approximate surface area is 148 Å². The lowest BCUT2D eigenvalue weighted by atomic mass is 10.1. The van der Waals surface area contributed by atoms with E-state index in [2.05, 4.69) is 4.98 Å². The van der Waals surface area contributed by atoms with Gasteiger partial charge in [0.25, 0.3) is 0 Å². The molecule has 2 aromatic rings. The molecule has 0 saturated heterocycles. The Morgan fingerprint density at radius 3 is 2.83 bits per heavy atom. The number of esters is 1. The number of nitrogens with one attached hydrogen (secondary N) is 1. The van der Waals surface area contributed by atoms with Gasteiger partial charge in [-0.2, -0.15) is 0 Å². The topological polar surface area (TPSA) is 80.6 Å². The summed E-state index contributed by atoms with van der Waals surface area (Å²) in [5.41, 5.74) is 6.43. The Hall–Kier alpha value is -2.05. The van der Waals surface area contributed by atoms with E-state index in [-0.39, 0.29) is 24.0 Å². The Bertz CT molecular complexity index is 837. The van der Waals surface area contributed by atoms with Gasteiger partial charge in [-0.1, -0.05) is 19.9 Å². The first-order valence-electron chi connectivity index (χ1n) is 9.74. The molecule has 1 aromatic carbocycles. The number of nitrogens with zero attached hydrogens (tertiary/aromatic N) is 1. The van der Waals surface area contributed by atoms with Crippen molar-refractivity contribution in [2.75, 3.05) is 27.4 Å². The molecule has 0 saturated carbocycles. The second-order valence-corrected chi connectivity index (χ2v) is 6.01. The Morgan fingerprint density at radius 2 is 2.17 bits per heavy atom. The molecule has 0 aliphatic carbocycles. The van der Waals surface area contributed by atoms with Crippen LogP contribution in [0.3, 0.4) is 0 Å². The number of aryl methyl sites for hydroxylation is 1. The molecule has 132 valence electrons. The number of carbonyl (C=O) groups excluding carboxylic acids is 1. The lowest BCUT2D eigenvalue weighted by Crippen LogP contribution is -2.37. The summed E-state index contributed by atoms with van der Waals surface area (Å²) in [5.74, 6) is -0.387. The summed E-state index contributed by atoms with van der Waals surface area (Å²) in [5, 5.41) is 0.391. The summed E-state index contributed by atoms with van der Waals surface area (Å²) in [7, 11) is 2.95. The molecule has 0 unspecified atom stereocenters. The van der Waals surface area contributed by atoms with E-state index >= 15 is 0 Å². The van der Waals surface area contributed by atoms with Crippen molar-refractivity contribution in [3.63, 3.8) is 0 Å². The van der Waals surface area contributed by atoms with Crippen molar-refractivity contribution in [2.24, 2.45) is 11.7 Å². The monoisotopic (exact) mass is 337 g/mol. The largest absolute Gasteiger partial charge is 0.457 e. The summed E-state index contributed by atoms with van der Waals surface area (Å²) in [6.07, 6.45) is -0.912. The fourth-order valence-corrected chi connectivity index (χ4v) is 2.06. The number of aromatic nitrogens is 1. The first-order chi connectivity index (χ1) is 12.9. The molecule has 2 rings (SSSR count). The number of fused-ring (bicyclic) bond motifs is 1. The average molecular weight is 337 g/mol. The number of hydrogen-bond donors (Lipinski definition) is 2. The molecule has 1 heterocycles. The smallest absolute Gasteiger partial charge is 0.326 e. The molecular weight excluding hydrogens is 306 g/mol. The second kappa shape index (κ2) is 8.17. The summed E-state index contributed by atoms with van der Waals surface area (Å²) >= 11 is 0. The van der Waals surface area contributed by atoms with E-state index in [1.54, 1.807) is 32.0 Å². The van der Waals surface area contributed by atoms with Gasteiger partial charge in [-0.25, -0.2) is 0 Å². The first-order valence-corrected chi connectivity index (χ1v) is 7.74. The molecular formula is C18H27N3O3. The zero-order valence-electron chi connectivity index (χ0n) is 18.4. The molecule has 1 aromatic heterocycles. The van der Waals surface area contributed by atoms with E-state index in [4.69, 9.17) is 20.7 Å². The van der Waals surface area contributed by atoms with Crippen molar-refractivity contribution < 1.29 is 19.8 Å². The van der Waals surface area contributed by atoms with Gasteiger partial charge in [0, 0.05) is 29.1 Å². The van der Waals surface area contributed by atoms with Gasteiger partial charge in [-0.05, 0) is 44.1 Å². The normalized spacial score (nSPS) is 16.5. The van der Waals surface area contributed by atoms with Crippen molar-refractivity contribution in [1.82, 2.24) is 9.88 Å². The third kappa shape index (κ3) is 4.49. The molecule has 0 radical (unpaired) electrons. The SMILES string of the molecule is [2H]C([2H])(c1c[nH]c2cccc(OCOC(=O)[C@@H](N)C(C)C)c12)C([2H])([2H])N(C)C. The Morgan fingerprint density at radius 1 is 1.42 bits per heavy atom. The highest BCUT2D eigenvalue weighted by atomic mass is 16.7. The van der Waals surface area contributed by atoms with Crippen LogP contribution in [0.2, 0.25) is 0 Å². The summed E-state index contributed by atoms with van der Waals surface area (Å²) < 4.78 is 43.8. The number of H-pyrrole nitrogens is 1. The summed E-state index contributed by atoms with van der Waals surface area (Å²) in [6, 6.07) is 4.28. The number of aromatic amines is 1. The maximum atomic E-state index is 11.9. The number of benzene rings is 1. The standard InChI is InChI=1S/C18H27N3O3/c1-12(2)17(19)18(22)24-11-23-15-7-5-6-14-16(15)13(10-20-14)8-9-21(3)4/h5-7,10,12,17,20H,8-9,11,19H2,1-4H3/t17-/m0/s1/i8D2,9D2. The number of nitrogens with two attached hydrogens (primary N) is 1. The lowest BCUT2D eigenvalue weighted by Gasteiger charge is -2.15. The maximum absolute atomic E-state index is 11.9. The van der Waals surface area contributed by atoms with Crippen LogP contribution in [-0.4, -0.2) is 49.3 Å². The molecule has 0 fully saturated rings. The van der Waals surface area contributed by atoms with Crippen LogP contribution in [0.5, 0.6) is 5.75 Å². The zero-order valence-corrected chi connectivity index (χ0v) is 14.4. The average Bonchev–Trinajstić information content (AvgIpc) is 3.06. The van der Waals surface area contributed by atoms with E-state index in [1.165, 1.54) is 25.2 Å². The summed E-state index contributed by atoms with van der Waals surface area (Å²) in [4.78, 5) is 16.0. The van der Waals surface area contributed by atoms with Gasteiger partial charge in [0.2, 0.25) is 6.79 Å². The van der Waals surface area contributed by atoms with Crippen LogP contribution in [-0.2, 0) is 15.9 Å². The minimum atomic E-state index is -2.34. The lowest BCUT2D eigenvalue weighted by molar-refractivity contribution is -0.152. The minimum Gasteiger partial charge on any atom is -0.457 e. The Balaban J connectivity index is 2.32. The van der Waals surface area contributed by atoms with Crippen LogP contribution in [0.15, 0.2) is 24.4 Å². The van der Waals surface area contributed by atoms with Gasteiger partial charge in [0.15, 0.2) is 0 Å². The fraction of sp³-hybridized carbons (Fsp3) is 0.500. The molecule has 0 aliphatic heterocycles. The van der Waals surface area contributed by atoms with Gasteiger partial charge in [0.05, 0.1) is 0 Å². The fourth-order valence-electron chi connectivity index (χ4n) is 2.06. The van der Waals surface area contributed by atoms with E-state index in [1.807, 2.05) is 0 Å². The predicted octanol–water partition coefficient (Wildman–Crippen LogP) is 2.13. The molecule has 6 nitrogen and oxygen atoms in total. The van der Waals surface area contributed by atoms with Crippen LogP contribution >= 0.6 is 0 Å². The molecule has 24 heavy (non-hydrogen) atoms. The number of hydrogen-bond acceptors (Lipinski definition) is 5. The van der Waals surface area contributed by atoms with Crippen molar-refractivity contribution in [1.29, 1.82) is 0 Å². The third-order valence-electron chi connectivity index (χ3n) is 3.49. The van der Waals surface area contributed by atoms with Crippen molar-refractivity contribution in [3.8, 4) is 5.75 Å². The molecule has 1 atom stereocenters. The van der Waals surface area contributed by atoms with E-state index in [0.29, 0.717) is 10.9 Å². The quantitative estimate of drug-likeness (QED) is 0.570. The van der Waals surface area contributed by atoms with Crippen LogP contribution in [0.4, 0.5) is 0 Å². The van der Waals surface area contributed by atoms with Gasteiger partial charge < -0.3 is 25.1 Å². The van der Waals surface area contributed by atoms with Crippen molar-refractivity contribution >= 4 is 16.9 Å². The highest BCUT2D eigenvalue weighted by Gasteiger charge is 2.19. The maximum Gasteiger partial charge on any atom is 0.326 e. The first kappa shape index (κ1) is 13.3. The molecule has 0 bridgehead atoms. The van der Waals surface area contributed by atoms with Gasteiger partial charge in [0.1, 0.15) is 11.8 Å². The van der Waals surface area contributed by atoms with E-state index in [0.717, 1.165) is 0 Å². The highest BCUT2D eigenvalue weighted by Crippen LogP contribution is 2.29. The van der Waals surface area contributed by atoms with Crippen molar-refractivity contribution in [2.45, 2.75) is 26.3 Å². The van der Waals surface area contributed by atoms with Gasteiger partial charge in [-0.3, -0.25) is 4.79 Å². The van der Waals surface area contributed by atoms with Gasteiger partial charge in [-0.15, -0.1) is 0 Å². The molecule has 0 amide bonds. The summed E-state index contributed by atoms with van der Waals surface area (Å²) in [6.45, 7) is 0.957. The van der Waals surface area contributed by atoms with E-state index < -0.39 is 24.9 Å². The molecule has 0 aliphatic rings.